The molecule has 0 aromatic carbocycles. The van der Waals surface area contributed by atoms with E-state index < -0.39 is 52.1 Å². The van der Waals surface area contributed by atoms with Crippen LogP contribution < -0.4 is 0 Å². The first kappa shape index (κ1) is 4.97. The smallest absolute Gasteiger partial charge is 0.335 e. The van der Waals surface area contributed by atoms with E-state index in [1.807, 2.05) is 0 Å². The summed E-state index contributed by atoms with van der Waals surface area (Å²) >= 11 is 0. The van der Waals surface area contributed by atoms with Crippen molar-refractivity contribution in [3.05, 3.63) is 10.5 Å². The molecule has 0 saturated heterocycles. The standard InChI is InChI=1S/C9H14O5S/c1-2-14-9(10)7-5-3-4-6-8(7)15(11,12)13/h2-6H2,1H3,(H,11,12,13)/i3D2,4D2,5D2,6D2. The fourth-order valence-electron chi connectivity index (χ4n) is 0.841. The van der Waals surface area contributed by atoms with Crippen LogP contribution >= 0.6 is 0 Å². The lowest BCUT2D eigenvalue weighted by Gasteiger charge is -2.16. The Labute approximate surface area is 100 Å². The maximum atomic E-state index is 11.9. The zero-order valence-electron chi connectivity index (χ0n) is 15.7. The van der Waals surface area contributed by atoms with Crippen molar-refractivity contribution in [1.29, 1.82) is 0 Å². The number of ether oxygens (including phenoxy) is 1. The summed E-state index contributed by atoms with van der Waals surface area (Å²) in [6, 6.07) is 0. The molecule has 0 amide bonds. The van der Waals surface area contributed by atoms with Gasteiger partial charge in [-0.1, -0.05) is 0 Å². The van der Waals surface area contributed by atoms with Gasteiger partial charge in [0.1, 0.15) is 0 Å². The van der Waals surface area contributed by atoms with Gasteiger partial charge in [0.25, 0.3) is 10.1 Å². The van der Waals surface area contributed by atoms with Crippen LogP contribution in [0, 0.1) is 0 Å². The summed E-state index contributed by atoms with van der Waals surface area (Å²) in [6.45, 7) is 0.919. The Morgan fingerprint density at radius 3 is 2.67 bits per heavy atom. The van der Waals surface area contributed by atoms with Crippen molar-refractivity contribution >= 4 is 16.1 Å². The molecule has 0 bridgehead atoms. The van der Waals surface area contributed by atoms with Gasteiger partial charge in [-0.05, 0) is 32.4 Å². The van der Waals surface area contributed by atoms with E-state index in [0.717, 1.165) is 0 Å². The zero-order chi connectivity index (χ0) is 18.6. The van der Waals surface area contributed by atoms with Crippen LogP contribution in [0.15, 0.2) is 10.5 Å². The molecular formula is C9H14O5S. The highest BCUT2D eigenvalue weighted by Crippen LogP contribution is 2.28. The first-order valence-corrected chi connectivity index (χ1v) is 5.31. The normalized spacial score (nSPS) is 39.1. The summed E-state index contributed by atoms with van der Waals surface area (Å²) in [6.07, 6.45) is -14.7. The molecule has 5 nitrogen and oxygen atoms in total. The predicted molar refractivity (Wildman–Crippen MR) is 53.7 cm³/mol. The predicted octanol–water partition coefficient (Wildman–Crippen LogP) is 1.27. The molecule has 1 rings (SSSR count). The van der Waals surface area contributed by atoms with Crippen molar-refractivity contribution in [2.24, 2.45) is 0 Å². The number of rotatable bonds is 3. The van der Waals surface area contributed by atoms with E-state index in [1.54, 1.807) is 0 Å². The molecule has 0 aliphatic heterocycles. The fourth-order valence-corrected chi connectivity index (χ4v) is 1.41. The molecule has 86 valence electrons. The molecule has 1 N–H and O–H groups in total. The first-order chi connectivity index (χ1) is 9.98. The molecule has 0 atom stereocenters. The van der Waals surface area contributed by atoms with Gasteiger partial charge in [-0.3, -0.25) is 4.55 Å². The molecule has 0 heterocycles. The zero-order valence-corrected chi connectivity index (χ0v) is 8.51. The lowest BCUT2D eigenvalue weighted by Crippen LogP contribution is -2.17. The summed E-state index contributed by atoms with van der Waals surface area (Å²) in [5.74, 6) is -1.70. The third-order valence-corrected chi connectivity index (χ3v) is 2.21. The summed E-state index contributed by atoms with van der Waals surface area (Å²) in [5, 5.41) is 0. The van der Waals surface area contributed by atoms with Gasteiger partial charge in [-0.15, -0.1) is 0 Å². The Hall–Kier alpha value is -0.880. The van der Waals surface area contributed by atoms with E-state index in [9.17, 15) is 17.8 Å². The summed E-state index contributed by atoms with van der Waals surface area (Å²) < 4.78 is 97.5. The van der Waals surface area contributed by atoms with Crippen molar-refractivity contribution in [2.45, 2.75) is 32.4 Å². The largest absolute Gasteiger partial charge is 0.463 e. The molecule has 0 radical (unpaired) electrons. The monoisotopic (exact) mass is 242 g/mol. The summed E-state index contributed by atoms with van der Waals surface area (Å²) in [7, 11) is -5.58. The van der Waals surface area contributed by atoms with E-state index in [0.29, 0.717) is 0 Å². The maximum Gasteiger partial charge on any atom is 0.335 e. The number of carbonyl (C=O) groups is 1. The average molecular weight is 242 g/mol. The van der Waals surface area contributed by atoms with Gasteiger partial charge >= 0.3 is 5.97 Å². The van der Waals surface area contributed by atoms with Crippen LogP contribution in [0.4, 0.5) is 0 Å². The van der Waals surface area contributed by atoms with Crippen molar-refractivity contribution in [3.8, 4) is 0 Å². The van der Waals surface area contributed by atoms with Gasteiger partial charge in [0, 0.05) is 11.0 Å². The SMILES string of the molecule is [2H]C1([2H])C(C(=O)OCC)=C(S(=O)(=O)O)C([2H])([2H])C([2H])([2H])C1([2H])[2H]. The summed E-state index contributed by atoms with van der Waals surface area (Å²) in [4.78, 5) is 10.0. The highest BCUT2D eigenvalue weighted by atomic mass is 32.2. The molecule has 15 heavy (non-hydrogen) atoms. The number of carbonyl (C=O) groups excluding carboxylic acids is 1. The van der Waals surface area contributed by atoms with E-state index in [2.05, 4.69) is 4.74 Å². The Morgan fingerprint density at radius 1 is 1.53 bits per heavy atom. The van der Waals surface area contributed by atoms with Gasteiger partial charge in [0.15, 0.2) is 0 Å². The third kappa shape index (κ3) is 3.04. The second-order valence-corrected chi connectivity index (χ2v) is 3.76. The average Bonchev–Trinajstić information content (AvgIpc) is 2.31. The topological polar surface area (TPSA) is 80.7 Å². The van der Waals surface area contributed by atoms with Crippen molar-refractivity contribution in [2.75, 3.05) is 6.61 Å². The highest BCUT2D eigenvalue weighted by Gasteiger charge is 2.27. The van der Waals surface area contributed by atoms with E-state index >= 15 is 0 Å². The molecule has 1 aliphatic rings. The van der Waals surface area contributed by atoms with Crippen molar-refractivity contribution < 1.29 is 33.5 Å². The summed E-state index contributed by atoms with van der Waals surface area (Å²) in [5.41, 5.74) is -1.60. The van der Waals surface area contributed by atoms with Crippen molar-refractivity contribution in [3.63, 3.8) is 0 Å². The molecule has 1 aliphatic carbocycles. The maximum absolute atomic E-state index is 11.9. The molecule has 0 saturated carbocycles. The van der Waals surface area contributed by atoms with Gasteiger partial charge < -0.3 is 4.74 Å². The Balaban J connectivity index is 4.06. The molecule has 0 aromatic rings. The number of hydrogen-bond donors (Lipinski definition) is 1. The second-order valence-electron chi connectivity index (χ2n) is 2.40. The van der Waals surface area contributed by atoms with Crippen LogP contribution in [0.3, 0.4) is 0 Å². The Kier molecular flexibility index (Phi) is 1.58. The van der Waals surface area contributed by atoms with Gasteiger partial charge in [0.05, 0.1) is 17.1 Å². The minimum Gasteiger partial charge on any atom is -0.463 e. The number of allylic oxidation sites excluding steroid dienone is 1. The number of hydrogen-bond acceptors (Lipinski definition) is 4. The van der Waals surface area contributed by atoms with Gasteiger partial charge in [0.2, 0.25) is 0 Å². The molecule has 0 fully saturated rings. The molecular weight excluding hydrogens is 220 g/mol. The molecule has 6 heteroatoms. The van der Waals surface area contributed by atoms with Gasteiger partial charge in [-0.25, -0.2) is 4.79 Å². The molecule has 0 spiro atoms. The van der Waals surface area contributed by atoms with E-state index in [1.165, 1.54) is 6.92 Å². The van der Waals surface area contributed by atoms with E-state index in [4.69, 9.17) is 11.0 Å². The van der Waals surface area contributed by atoms with E-state index in [-0.39, 0.29) is 6.61 Å². The van der Waals surface area contributed by atoms with Crippen molar-refractivity contribution in [1.82, 2.24) is 0 Å². The van der Waals surface area contributed by atoms with Crippen LogP contribution in [0.2, 0.25) is 0 Å². The lowest BCUT2D eigenvalue weighted by atomic mass is 9.99. The quantitative estimate of drug-likeness (QED) is 0.595. The van der Waals surface area contributed by atoms with Crippen LogP contribution in [-0.2, 0) is 19.6 Å². The van der Waals surface area contributed by atoms with Crippen LogP contribution in [0.1, 0.15) is 43.4 Å². The van der Waals surface area contributed by atoms with Crippen LogP contribution in [0.25, 0.3) is 0 Å². The van der Waals surface area contributed by atoms with Crippen LogP contribution in [0.5, 0.6) is 0 Å². The minimum absolute atomic E-state index is 0.365. The molecule has 0 aromatic heterocycles. The lowest BCUT2D eigenvalue weighted by molar-refractivity contribution is -0.138. The second kappa shape index (κ2) is 4.76. The van der Waals surface area contributed by atoms with Crippen LogP contribution in [-0.4, -0.2) is 25.5 Å². The fraction of sp³-hybridized carbons (Fsp3) is 0.667. The third-order valence-electron chi connectivity index (χ3n) is 1.39. The molecule has 0 unspecified atom stereocenters. The Bertz CT molecular complexity index is 665. The number of esters is 1. The first-order valence-electron chi connectivity index (χ1n) is 7.87. The highest BCUT2D eigenvalue weighted by molar-refractivity contribution is 7.89. The van der Waals surface area contributed by atoms with Gasteiger partial charge in [-0.2, -0.15) is 8.42 Å². The Morgan fingerprint density at radius 2 is 2.13 bits per heavy atom. The minimum atomic E-state index is -5.58.